The molecule has 1 aliphatic heterocycles. The Hall–Kier alpha value is -2.38. The van der Waals surface area contributed by atoms with Gasteiger partial charge in [0.15, 0.2) is 5.78 Å². The van der Waals surface area contributed by atoms with Crippen molar-refractivity contribution in [3.63, 3.8) is 0 Å². The van der Waals surface area contributed by atoms with Crippen LogP contribution in [-0.2, 0) is 0 Å². The van der Waals surface area contributed by atoms with Gasteiger partial charge in [-0.25, -0.2) is 0 Å². The molecule has 2 aliphatic rings. The van der Waals surface area contributed by atoms with Crippen molar-refractivity contribution in [2.45, 2.75) is 90.1 Å². The monoisotopic (exact) mass is 417 g/mol. The highest BCUT2D eigenvalue weighted by molar-refractivity contribution is 5.99. The van der Waals surface area contributed by atoms with E-state index in [1.165, 1.54) is 50.6 Å². The molecule has 0 N–H and O–H groups in total. The molecule has 2 heterocycles. The summed E-state index contributed by atoms with van der Waals surface area (Å²) in [5, 5.41) is 9.18. The van der Waals surface area contributed by atoms with E-state index in [-0.39, 0.29) is 5.78 Å². The molecule has 31 heavy (non-hydrogen) atoms. The van der Waals surface area contributed by atoms with Gasteiger partial charge in [0, 0.05) is 34.7 Å². The molecule has 1 saturated heterocycles. The summed E-state index contributed by atoms with van der Waals surface area (Å²) in [6.45, 7) is 7.09. The molecule has 1 aromatic carbocycles. The standard InChI is InChI=1S/C27H35N3O/c1-4-23-13-10-19(2)29(23)18-27(31)25-16-26(22-8-6-5-7-9-22)30(20(25)3)24-14-11-21(17-28)12-15-24/h11-12,14-16,19,22-23H,4-10,13,18H2,1-3H3. The lowest BCUT2D eigenvalue weighted by molar-refractivity contribution is 0.0888. The lowest BCUT2D eigenvalue weighted by atomic mass is 9.86. The normalized spacial score (nSPS) is 22.5. The zero-order valence-electron chi connectivity index (χ0n) is 19.2. The van der Waals surface area contributed by atoms with Crippen LogP contribution in [0.3, 0.4) is 0 Å². The molecule has 2 unspecified atom stereocenters. The highest BCUT2D eigenvalue weighted by atomic mass is 16.1. The van der Waals surface area contributed by atoms with Crippen LogP contribution < -0.4 is 0 Å². The van der Waals surface area contributed by atoms with Crippen molar-refractivity contribution in [2.75, 3.05) is 6.54 Å². The molecule has 1 aromatic heterocycles. The first-order valence-corrected chi connectivity index (χ1v) is 12.0. The zero-order valence-corrected chi connectivity index (χ0v) is 19.2. The summed E-state index contributed by atoms with van der Waals surface area (Å²) in [5.74, 6) is 0.743. The first-order chi connectivity index (χ1) is 15.0. The number of ketones is 1. The molecule has 1 saturated carbocycles. The van der Waals surface area contributed by atoms with Crippen molar-refractivity contribution < 1.29 is 4.79 Å². The number of hydrogen-bond acceptors (Lipinski definition) is 3. The summed E-state index contributed by atoms with van der Waals surface area (Å²) in [7, 11) is 0. The quantitative estimate of drug-likeness (QED) is 0.530. The maximum atomic E-state index is 13.5. The number of benzene rings is 1. The second-order valence-corrected chi connectivity index (χ2v) is 9.48. The van der Waals surface area contributed by atoms with Crippen LogP contribution in [0.1, 0.15) is 98.4 Å². The number of hydrogen-bond donors (Lipinski definition) is 0. The van der Waals surface area contributed by atoms with Gasteiger partial charge in [0.25, 0.3) is 0 Å². The Morgan fingerprint density at radius 2 is 1.81 bits per heavy atom. The number of carbonyl (C=O) groups excluding carboxylic acids is 1. The van der Waals surface area contributed by atoms with E-state index >= 15 is 0 Å². The van der Waals surface area contributed by atoms with Crippen LogP contribution in [0.25, 0.3) is 5.69 Å². The van der Waals surface area contributed by atoms with E-state index in [0.29, 0.717) is 30.1 Å². The molecule has 2 atom stereocenters. The number of Topliss-reactive ketones (excluding diaryl/α,β-unsaturated/α-hetero) is 1. The fraction of sp³-hybridized carbons (Fsp3) is 0.556. The Labute approximate surface area is 186 Å². The number of rotatable bonds is 6. The average Bonchev–Trinajstić information content (AvgIpc) is 3.34. The number of likely N-dealkylation sites (tertiary alicyclic amines) is 1. The summed E-state index contributed by atoms with van der Waals surface area (Å²) in [6.07, 6.45) is 9.70. The molecule has 164 valence electrons. The smallest absolute Gasteiger partial charge is 0.178 e. The van der Waals surface area contributed by atoms with Gasteiger partial charge in [0.05, 0.1) is 18.2 Å². The first-order valence-electron chi connectivity index (χ1n) is 12.0. The van der Waals surface area contributed by atoms with Gasteiger partial charge in [-0.1, -0.05) is 26.2 Å². The van der Waals surface area contributed by atoms with E-state index in [0.717, 1.165) is 23.4 Å². The van der Waals surface area contributed by atoms with Gasteiger partial charge in [-0.15, -0.1) is 0 Å². The van der Waals surface area contributed by atoms with Crippen LogP contribution in [0.15, 0.2) is 30.3 Å². The van der Waals surface area contributed by atoms with E-state index < -0.39 is 0 Å². The third kappa shape index (κ3) is 4.34. The Morgan fingerprint density at radius 3 is 2.45 bits per heavy atom. The number of carbonyl (C=O) groups is 1. The molecule has 1 aliphatic carbocycles. The number of nitrogens with zero attached hydrogens (tertiary/aromatic N) is 3. The van der Waals surface area contributed by atoms with Crippen LogP contribution >= 0.6 is 0 Å². The fourth-order valence-electron chi connectivity index (χ4n) is 5.74. The van der Waals surface area contributed by atoms with Crippen LogP contribution in [0, 0.1) is 18.3 Å². The van der Waals surface area contributed by atoms with Crippen molar-refractivity contribution in [3.05, 3.63) is 52.8 Å². The largest absolute Gasteiger partial charge is 0.317 e. The Bertz CT molecular complexity index is 960. The van der Waals surface area contributed by atoms with Gasteiger partial charge in [0.2, 0.25) is 0 Å². The molecule has 4 nitrogen and oxygen atoms in total. The molecular formula is C27H35N3O. The van der Waals surface area contributed by atoms with Crippen molar-refractivity contribution >= 4 is 5.78 Å². The molecule has 0 amide bonds. The third-order valence-corrected chi connectivity index (χ3v) is 7.60. The van der Waals surface area contributed by atoms with Crippen molar-refractivity contribution in [1.82, 2.24) is 9.47 Å². The summed E-state index contributed by atoms with van der Waals surface area (Å²) in [6, 6.07) is 13.2. The molecule has 2 fully saturated rings. The SMILES string of the molecule is CCC1CCC(C)N1CC(=O)c1cc(C2CCCCC2)n(-c2ccc(C#N)cc2)c1C. The number of aromatic nitrogens is 1. The molecule has 4 heteroatoms. The minimum atomic E-state index is 0.245. The maximum Gasteiger partial charge on any atom is 0.178 e. The Kier molecular flexibility index (Phi) is 6.62. The Morgan fingerprint density at radius 1 is 1.10 bits per heavy atom. The predicted octanol–water partition coefficient (Wildman–Crippen LogP) is 6.15. The molecule has 4 rings (SSSR count). The van der Waals surface area contributed by atoms with Gasteiger partial charge in [-0.05, 0) is 82.2 Å². The van der Waals surface area contributed by atoms with Gasteiger partial charge >= 0.3 is 0 Å². The minimum absolute atomic E-state index is 0.245. The highest BCUT2D eigenvalue weighted by Crippen LogP contribution is 2.37. The molecular weight excluding hydrogens is 382 g/mol. The Balaban J connectivity index is 1.70. The van der Waals surface area contributed by atoms with Crippen molar-refractivity contribution in [3.8, 4) is 11.8 Å². The van der Waals surface area contributed by atoms with Crippen LogP contribution in [0.2, 0.25) is 0 Å². The van der Waals surface area contributed by atoms with E-state index in [1.807, 2.05) is 24.3 Å². The minimum Gasteiger partial charge on any atom is -0.317 e. The van der Waals surface area contributed by atoms with Crippen molar-refractivity contribution in [2.24, 2.45) is 0 Å². The zero-order chi connectivity index (χ0) is 22.0. The lowest BCUT2D eigenvalue weighted by Gasteiger charge is -2.26. The lowest BCUT2D eigenvalue weighted by Crippen LogP contribution is -2.38. The first kappa shape index (κ1) is 21.8. The molecule has 0 spiro atoms. The second-order valence-electron chi connectivity index (χ2n) is 9.48. The fourth-order valence-corrected chi connectivity index (χ4v) is 5.74. The summed E-state index contributed by atoms with van der Waals surface area (Å²) < 4.78 is 2.29. The van der Waals surface area contributed by atoms with Gasteiger partial charge < -0.3 is 4.57 Å². The van der Waals surface area contributed by atoms with E-state index in [9.17, 15) is 10.1 Å². The predicted molar refractivity (Wildman–Crippen MR) is 125 cm³/mol. The van der Waals surface area contributed by atoms with Crippen molar-refractivity contribution in [1.29, 1.82) is 5.26 Å². The highest BCUT2D eigenvalue weighted by Gasteiger charge is 2.32. The third-order valence-electron chi connectivity index (χ3n) is 7.60. The molecule has 0 bridgehead atoms. The van der Waals surface area contributed by atoms with Crippen LogP contribution in [-0.4, -0.2) is 33.9 Å². The van der Waals surface area contributed by atoms with Gasteiger partial charge in [0.1, 0.15) is 0 Å². The van der Waals surface area contributed by atoms with Gasteiger partial charge in [-0.3, -0.25) is 9.69 Å². The van der Waals surface area contributed by atoms with E-state index in [2.05, 4.69) is 42.4 Å². The van der Waals surface area contributed by atoms with Crippen LogP contribution in [0.5, 0.6) is 0 Å². The maximum absolute atomic E-state index is 13.5. The summed E-state index contributed by atoms with van der Waals surface area (Å²) in [5.41, 5.74) is 4.90. The summed E-state index contributed by atoms with van der Waals surface area (Å²) in [4.78, 5) is 15.9. The van der Waals surface area contributed by atoms with E-state index in [4.69, 9.17) is 0 Å². The number of nitriles is 1. The topological polar surface area (TPSA) is 49.0 Å². The molecule has 2 aromatic rings. The second kappa shape index (κ2) is 9.40. The van der Waals surface area contributed by atoms with Crippen LogP contribution in [0.4, 0.5) is 0 Å². The van der Waals surface area contributed by atoms with E-state index in [1.54, 1.807) is 0 Å². The summed E-state index contributed by atoms with van der Waals surface area (Å²) >= 11 is 0. The average molecular weight is 418 g/mol. The molecule has 0 radical (unpaired) electrons. The van der Waals surface area contributed by atoms with Gasteiger partial charge in [-0.2, -0.15) is 5.26 Å².